The Balaban J connectivity index is 1.39. The summed E-state index contributed by atoms with van der Waals surface area (Å²) in [7, 11) is -3.63. The maximum Gasteiger partial charge on any atom is 0.221 e. The van der Waals surface area contributed by atoms with Crippen molar-refractivity contribution in [2.75, 3.05) is 13.2 Å². The van der Waals surface area contributed by atoms with E-state index >= 15 is 4.39 Å². The normalized spacial score (nSPS) is 23.9. The van der Waals surface area contributed by atoms with Crippen molar-refractivity contribution in [2.45, 2.75) is 62.5 Å². The van der Waals surface area contributed by atoms with Crippen LogP contribution in [0.25, 0.3) is 0 Å². The fraction of sp³-hybridized carbons (Fsp3) is 0.444. The number of aromatic nitrogens is 2. The Morgan fingerprint density at radius 3 is 2.64 bits per heavy atom. The van der Waals surface area contributed by atoms with Crippen molar-refractivity contribution in [3.63, 3.8) is 0 Å². The van der Waals surface area contributed by atoms with Gasteiger partial charge in [-0.2, -0.15) is 4.31 Å². The zero-order valence-electron chi connectivity index (χ0n) is 20.5. The van der Waals surface area contributed by atoms with Crippen LogP contribution < -0.4 is 5.32 Å². The second-order valence-electron chi connectivity index (χ2n) is 9.81. The van der Waals surface area contributed by atoms with E-state index < -0.39 is 20.8 Å². The van der Waals surface area contributed by atoms with Crippen molar-refractivity contribution in [3.8, 4) is 0 Å². The molecular formula is C27H33FN4O3S. The molecule has 2 aliphatic rings. The summed E-state index contributed by atoms with van der Waals surface area (Å²) in [5.74, 6) is 0.428. The van der Waals surface area contributed by atoms with Gasteiger partial charge in [0.1, 0.15) is 16.9 Å². The Morgan fingerprint density at radius 1 is 1.17 bits per heavy atom. The van der Waals surface area contributed by atoms with Gasteiger partial charge in [0.15, 0.2) is 0 Å². The summed E-state index contributed by atoms with van der Waals surface area (Å²) < 4.78 is 49.8. The maximum atomic E-state index is 15.5. The number of nitrogens with one attached hydrogen (secondary N) is 2. The fourth-order valence-electron chi connectivity index (χ4n) is 5.43. The van der Waals surface area contributed by atoms with Crippen LogP contribution in [-0.2, 0) is 33.4 Å². The van der Waals surface area contributed by atoms with Crippen LogP contribution in [0.4, 0.5) is 4.39 Å². The third kappa shape index (κ3) is 4.98. The summed E-state index contributed by atoms with van der Waals surface area (Å²) in [4.78, 5) is 7.38. The van der Waals surface area contributed by atoms with Crippen LogP contribution in [0.3, 0.4) is 0 Å². The number of ether oxygens (including phenoxy) is 1. The summed E-state index contributed by atoms with van der Waals surface area (Å²) in [6, 6.07) is 14.3. The van der Waals surface area contributed by atoms with Crippen LogP contribution in [0, 0.1) is 5.82 Å². The Morgan fingerprint density at radius 2 is 1.94 bits per heavy atom. The fourth-order valence-corrected chi connectivity index (χ4v) is 7.62. The van der Waals surface area contributed by atoms with Gasteiger partial charge >= 0.3 is 0 Å². The first-order valence-electron chi connectivity index (χ1n) is 12.5. The molecule has 36 heavy (non-hydrogen) atoms. The number of imidazole rings is 1. The van der Waals surface area contributed by atoms with E-state index in [-0.39, 0.29) is 18.4 Å². The third-order valence-electron chi connectivity index (χ3n) is 7.62. The highest BCUT2D eigenvalue weighted by molar-refractivity contribution is 7.89. The molecule has 0 aliphatic carbocycles. The molecule has 0 amide bonds. The van der Waals surface area contributed by atoms with E-state index in [0.717, 1.165) is 23.4 Å². The van der Waals surface area contributed by atoms with E-state index in [2.05, 4.69) is 15.3 Å². The molecule has 2 saturated heterocycles. The van der Waals surface area contributed by atoms with Gasteiger partial charge in [0.2, 0.25) is 10.0 Å². The Kier molecular flexibility index (Phi) is 7.25. The van der Waals surface area contributed by atoms with E-state index in [4.69, 9.17) is 4.74 Å². The highest BCUT2D eigenvalue weighted by Gasteiger charge is 2.41. The van der Waals surface area contributed by atoms with Crippen molar-refractivity contribution in [2.24, 2.45) is 0 Å². The largest absolute Gasteiger partial charge is 0.381 e. The number of benzene rings is 2. The zero-order valence-corrected chi connectivity index (χ0v) is 21.3. The minimum atomic E-state index is -3.63. The molecule has 7 nitrogen and oxygen atoms in total. The van der Waals surface area contributed by atoms with Gasteiger partial charge in [-0.25, -0.2) is 17.8 Å². The summed E-state index contributed by atoms with van der Waals surface area (Å²) in [5, 5.41) is 2.98. The standard InChI is InChI=1S/C27H33FN4O3S/c1-20-7-10-25(21-5-3-2-4-6-21)36(33,34)32(20)19-22-8-9-23(17-24(22)28)27(11-15-35-16-12-27)31-18-26-29-13-14-30-26/h2-6,8-9,13-14,17,20,25,31H,7,10-12,15-16,18-19H2,1H3,(H,29,30)/t20-,25+/m0/s1. The van der Waals surface area contributed by atoms with Crippen molar-refractivity contribution in [1.82, 2.24) is 19.6 Å². The number of H-pyrrole nitrogens is 1. The third-order valence-corrected chi connectivity index (χ3v) is 9.99. The number of rotatable bonds is 7. The second kappa shape index (κ2) is 10.4. The molecule has 2 atom stereocenters. The number of halogens is 1. The van der Waals surface area contributed by atoms with Gasteiger partial charge in [-0.15, -0.1) is 0 Å². The van der Waals surface area contributed by atoms with Gasteiger partial charge in [0.25, 0.3) is 0 Å². The molecule has 2 aliphatic heterocycles. The predicted octanol–water partition coefficient (Wildman–Crippen LogP) is 4.40. The van der Waals surface area contributed by atoms with Crippen molar-refractivity contribution in [3.05, 3.63) is 89.3 Å². The minimum absolute atomic E-state index is 0.0227. The van der Waals surface area contributed by atoms with E-state index in [0.29, 0.717) is 44.6 Å². The summed E-state index contributed by atoms with van der Waals surface area (Å²) in [5.41, 5.74) is 1.58. The molecule has 0 spiro atoms. The van der Waals surface area contributed by atoms with Crippen LogP contribution in [0.15, 0.2) is 60.9 Å². The van der Waals surface area contributed by atoms with E-state index in [1.54, 1.807) is 24.5 Å². The molecule has 2 aromatic carbocycles. The lowest BCUT2D eigenvalue weighted by atomic mass is 9.82. The maximum absolute atomic E-state index is 15.5. The van der Waals surface area contributed by atoms with Gasteiger partial charge in [0, 0.05) is 49.3 Å². The van der Waals surface area contributed by atoms with Crippen molar-refractivity contribution in [1.29, 1.82) is 0 Å². The molecule has 0 bridgehead atoms. The lowest BCUT2D eigenvalue weighted by Crippen LogP contribution is -2.46. The molecule has 5 rings (SSSR count). The molecular weight excluding hydrogens is 479 g/mol. The molecule has 192 valence electrons. The average molecular weight is 513 g/mol. The summed E-state index contributed by atoms with van der Waals surface area (Å²) >= 11 is 0. The molecule has 3 aromatic rings. The molecule has 1 aromatic heterocycles. The lowest BCUT2D eigenvalue weighted by molar-refractivity contribution is 0.0354. The Bertz CT molecular complexity index is 1260. The number of hydrogen-bond acceptors (Lipinski definition) is 5. The summed E-state index contributed by atoms with van der Waals surface area (Å²) in [6.07, 6.45) is 6.21. The predicted molar refractivity (Wildman–Crippen MR) is 136 cm³/mol. The molecule has 9 heteroatoms. The number of hydrogen-bond donors (Lipinski definition) is 2. The van der Waals surface area contributed by atoms with Crippen molar-refractivity contribution >= 4 is 10.0 Å². The number of aromatic amines is 1. The van der Waals surface area contributed by atoms with Crippen LogP contribution >= 0.6 is 0 Å². The van der Waals surface area contributed by atoms with Crippen LogP contribution in [0.2, 0.25) is 0 Å². The Hall–Kier alpha value is -2.59. The highest BCUT2D eigenvalue weighted by atomic mass is 32.2. The monoisotopic (exact) mass is 512 g/mol. The van der Waals surface area contributed by atoms with Crippen LogP contribution in [0.1, 0.15) is 60.4 Å². The average Bonchev–Trinajstić information content (AvgIpc) is 3.41. The molecule has 0 unspecified atom stereocenters. The van der Waals surface area contributed by atoms with Gasteiger partial charge in [0.05, 0.1) is 6.54 Å². The lowest BCUT2D eigenvalue weighted by Gasteiger charge is -2.39. The minimum Gasteiger partial charge on any atom is -0.381 e. The number of sulfonamides is 1. The smallest absolute Gasteiger partial charge is 0.221 e. The van der Waals surface area contributed by atoms with Gasteiger partial charge in [-0.05, 0) is 49.8 Å². The molecule has 0 saturated carbocycles. The molecule has 0 radical (unpaired) electrons. The quantitative estimate of drug-likeness (QED) is 0.490. The summed E-state index contributed by atoms with van der Waals surface area (Å²) in [6.45, 7) is 3.62. The topological polar surface area (TPSA) is 87.3 Å². The van der Waals surface area contributed by atoms with E-state index in [9.17, 15) is 8.42 Å². The first-order valence-corrected chi connectivity index (χ1v) is 14.0. The first kappa shape index (κ1) is 25.1. The van der Waals surface area contributed by atoms with Gasteiger partial charge < -0.3 is 15.0 Å². The van der Waals surface area contributed by atoms with E-state index in [1.165, 1.54) is 4.31 Å². The van der Waals surface area contributed by atoms with Crippen molar-refractivity contribution < 1.29 is 17.5 Å². The number of nitrogens with zero attached hydrogens (tertiary/aromatic N) is 2. The highest BCUT2D eigenvalue weighted by Crippen LogP contribution is 2.39. The Labute approximate surface area is 212 Å². The van der Waals surface area contributed by atoms with E-state index in [1.807, 2.05) is 43.3 Å². The second-order valence-corrected chi connectivity index (χ2v) is 11.9. The van der Waals surface area contributed by atoms with Gasteiger partial charge in [-0.1, -0.05) is 42.5 Å². The zero-order chi connectivity index (χ0) is 25.2. The SMILES string of the molecule is C[C@H]1CC[C@H](c2ccccc2)S(=O)(=O)N1Cc1ccc(C2(NCc3ncc[nH]3)CCOCC2)cc1F. The molecule has 2 N–H and O–H groups in total. The molecule has 2 fully saturated rings. The van der Waals surface area contributed by atoms with Gasteiger partial charge in [-0.3, -0.25) is 0 Å². The molecule has 3 heterocycles. The van der Waals surface area contributed by atoms with Crippen LogP contribution in [-0.4, -0.2) is 41.9 Å². The first-order chi connectivity index (χ1) is 17.4. The van der Waals surface area contributed by atoms with Crippen LogP contribution in [0.5, 0.6) is 0 Å².